The van der Waals surface area contributed by atoms with E-state index in [4.69, 9.17) is 23.7 Å². The molecule has 15 heteroatoms. The van der Waals surface area contributed by atoms with Crippen molar-refractivity contribution in [1.29, 1.82) is 0 Å². The van der Waals surface area contributed by atoms with Gasteiger partial charge in [-0.3, -0.25) is 23.6 Å². The zero-order valence-corrected chi connectivity index (χ0v) is 37.5. The minimum atomic E-state index is -1.83. The van der Waals surface area contributed by atoms with E-state index in [0.717, 1.165) is 32.4 Å². The second-order valence-electron chi connectivity index (χ2n) is 17.2. The molecule has 2 aliphatic heterocycles. The van der Waals surface area contributed by atoms with Gasteiger partial charge in [0.25, 0.3) is 5.56 Å². The van der Waals surface area contributed by atoms with E-state index in [1.54, 1.807) is 45.2 Å². The van der Waals surface area contributed by atoms with Crippen molar-refractivity contribution < 1.29 is 33.6 Å². The monoisotopic (exact) mass is 872 g/mol. The summed E-state index contributed by atoms with van der Waals surface area (Å²) in [5.41, 5.74) is 16.8. The van der Waals surface area contributed by atoms with Gasteiger partial charge >= 0.3 is 11.7 Å². The number of hydrogen-bond donors (Lipinski definition) is 1. The number of benzene rings is 4. The Morgan fingerprint density at radius 2 is 1.56 bits per heavy atom. The summed E-state index contributed by atoms with van der Waals surface area (Å²) in [5.74, 6) is -1.57. The summed E-state index contributed by atoms with van der Waals surface area (Å²) in [6.07, 6.45) is -6.02. The molecule has 0 aliphatic carbocycles. The molecule has 2 saturated heterocycles. The molecule has 64 heavy (non-hydrogen) atoms. The van der Waals surface area contributed by atoms with E-state index in [9.17, 15) is 25.0 Å². The molecule has 4 aromatic carbocycles. The maximum absolute atomic E-state index is 14.6. The number of esters is 1. The summed E-state index contributed by atoms with van der Waals surface area (Å²) in [6, 6.07) is 27.7. The summed E-state index contributed by atoms with van der Waals surface area (Å²) >= 11 is 0. The Kier molecular flexibility index (Phi) is 13.9. The number of rotatable bonds is 16. The summed E-state index contributed by atoms with van der Waals surface area (Å²) in [6.45, 7) is 14.7. The predicted molar refractivity (Wildman–Crippen MR) is 240 cm³/mol. The van der Waals surface area contributed by atoms with E-state index in [-0.39, 0.29) is 6.54 Å². The topological polar surface area (TPSA) is 179 Å². The molecule has 2 fully saturated rings. The number of azide groups is 1. The summed E-state index contributed by atoms with van der Waals surface area (Å²) in [4.78, 5) is 47.0. The van der Waals surface area contributed by atoms with Gasteiger partial charge in [-0.25, -0.2) is 4.79 Å². The van der Waals surface area contributed by atoms with Crippen LogP contribution in [0.15, 0.2) is 118 Å². The van der Waals surface area contributed by atoms with Gasteiger partial charge in [-0.05, 0) is 105 Å². The highest BCUT2D eigenvalue weighted by Gasteiger charge is 2.59. The number of aryl methyl sites for hydroxylation is 4. The molecule has 8 atom stereocenters. The van der Waals surface area contributed by atoms with E-state index in [2.05, 4.69) is 66.9 Å². The maximum Gasteiger partial charge on any atom is 0.333 e. The molecule has 15 nitrogen and oxygen atoms in total. The second kappa shape index (κ2) is 19.4. The zero-order chi connectivity index (χ0) is 45.9. The molecule has 336 valence electrons. The molecular formula is C49H56N6O9. The Morgan fingerprint density at radius 1 is 0.906 bits per heavy atom. The van der Waals surface area contributed by atoms with Crippen LogP contribution in [0.25, 0.3) is 10.4 Å². The highest BCUT2D eigenvalue weighted by atomic mass is 16.8. The van der Waals surface area contributed by atoms with E-state index < -0.39 is 71.8 Å². The number of nitrogens with zero attached hydrogens (tertiary/aromatic N) is 6. The van der Waals surface area contributed by atoms with Crippen molar-refractivity contribution in [2.45, 2.75) is 123 Å². The van der Waals surface area contributed by atoms with Gasteiger partial charge in [0.05, 0.1) is 13.7 Å². The largest absolute Gasteiger partial charge is 0.497 e. The van der Waals surface area contributed by atoms with Crippen molar-refractivity contribution in [1.82, 2.24) is 14.0 Å². The van der Waals surface area contributed by atoms with Gasteiger partial charge < -0.3 is 28.8 Å². The lowest BCUT2D eigenvalue weighted by molar-refractivity contribution is -0.210. The van der Waals surface area contributed by atoms with Crippen LogP contribution < -0.4 is 16.0 Å². The highest BCUT2D eigenvalue weighted by Crippen LogP contribution is 2.44. The number of aliphatic hydroxyl groups is 1. The molecule has 0 bridgehead atoms. The first-order chi connectivity index (χ1) is 30.6. The second-order valence-corrected chi connectivity index (χ2v) is 17.2. The van der Waals surface area contributed by atoms with Crippen molar-refractivity contribution in [3.05, 3.63) is 179 Å². The first-order valence-corrected chi connectivity index (χ1v) is 21.4. The van der Waals surface area contributed by atoms with Crippen LogP contribution in [0.4, 0.5) is 0 Å². The van der Waals surface area contributed by atoms with Crippen LogP contribution in [0, 0.1) is 27.7 Å². The lowest BCUT2D eigenvalue weighted by Crippen LogP contribution is -2.48. The lowest BCUT2D eigenvalue weighted by atomic mass is 9.96. The fourth-order valence-electron chi connectivity index (χ4n) is 8.87. The van der Waals surface area contributed by atoms with E-state index in [0.29, 0.717) is 30.0 Å². The van der Waals surface area contributed by atoms with E-state index >= 15 is 0 Å². The standard InChI is InChI=1S/C49H56N6O9/c1-29-24-31(3)38(32(4)25-29)28-53(27-36-17-13-12-14-30(36)2)33(5)42(35-15-10-9-11-16-35)62-47(58)40(51-52-50)41(57)43-44-45(64-49(6,7)63-44)46(61-43)54-23-22-39(56)55(48(54)59)26-34-18-20-37(60-8)21-19-34/h9-25,33,40-46,57H,26-28H2,1-8H3/t33-,40+,41+,42-,43-,44-,45-,46-/m1/s1. The average molecular weight is 873 g/mol. The Labute approximate surface area is 372 Å². The summed E-state index contributed by atoms with van der Waals surface area (Å²) < 4.78 is 32.8. The van der Waals surface area contributed by atoms with Gasteiger partial charge in [0, 0.05) is 36.3 Å². The molecule has 0 radical (unpaired) electrons. The van der Waals surface area contributed by atoms with Crippen molar-refractivity contribution in [3.8, 4) is 5.75 Å². The van der Waals surface area contributed by atoms with Crippen molar-refractivity contribution in [3.63, 3.8) is 0 Å². The molecule has 3 heterocycles. The van der Waals surface area contributed by atoms with Crippen LogP contribution in [0.5, 0.6) is 5.75 Å². The molecule has 1 aromatic heterocycles. The highest BCUT2D eigenvalue weighted by molar-refractivity contribution is 5.77. The van der Waals surface area contributed by atoms with Gasteiger partial charge in [0.1, 0.15) is 36.3 Å². The molecule has 7 rings (SSSR count). The van der Waals surface area contributed by atoms with Crippen LogP contribution in [0.3, 0.4) is 0 Å². The van der Waals surface area contributed by atoms with Gasteiger partial charge in [-0.2, -0.15) is 0 Å². The van der Waals surface area contributed by atoms with Gasteiger partial charge in [-0.15, -0.1) is 0 Å². The van der Waals surface area contributed by atoms with Crippen LogP contribution in [0.2, 0.25) is 0 Å². The summed E-state index contributed by atoms with van der Waals surface area (Å²) in [5, 5.41) is 15.9. The van der Waals surface area contributed by atoms with Crippen LogP contribution in [-0.2, 0) is 43.4 Å². The molecule has 2 aliphatic rings. The van der Waals surface area contributed by atoms with Gasteiger partial charge in [0.2, 0.25) is 0 Å². The first kappa shape index (κ1) is 45.9. The molecule has 1 N–H and O–H groups in total. The Balaban J connectivity index is 1.20. The van der Waals surface area contributed by atoms with Crippen molar-refractivity contribution in [2.75, 3.05) is 7.11 Å². The predicted octanol–water partition coefficient (Wildman–Crippen LogP) is 7.13. The maximum atomic E-state index is 14.6. The van der Waals surface area contributed by atoms with E-state index in [1.165, 1.54) is 22.4 Å². The number of hydrogen-bond acceptors (Lipinski definition) is 11. The van der Waals surface area contributed by atoms with Gasteiger partial charge in [0.15, 0.2) is 18.1 Å². The van der Waals surface area contributed by atoms with Crippen LogP contribution in [0.1, 0.15) is 77.6 Å². The molecule has 0 saturated carbocycles. The number of aromatic nitrogens is 2. The fourth-order valence-corrected chi connectivity index (χ4v) is 8.87. The number of carbonyl (C=O) groups excluding carboxylic acids is 1. The minimum Gasteiger partial charge on any atom is -0.497 e. The number of fused-ring (bicyclic) bond motifs is 1. The lowest BCUT2D eigenvalue weighted by Gasteiger charge is -2.36. The third kappa shape index (κ3) is 9.85. The third-order valence-corrected chi connectivity index (χ3v) is 12.2. The molecule has 5 aromatic rings. The molecular weight excluding hydrogens is 817 g/mol. The number of aliphatic hydroxyl groups excluding tert-OH is 1. The Hall–Kier alpha value is -6.06. The number of ether oxygens (including phenoxy) is 5. The quantitative estimate of drug-likeness (QED) is 0.0464. The van der Waals surface area contributed by atoms with Crippen molar-refractivity contribution in [2.24, 2.45) is 5.11 Å². The fraction of sp³-hybridized carbons (Fsp3) is 0.408. The zero-order valence-electron chi connectivity index (χ0n) is 37.5. The summed E-state index contributed by atoms with van der Waals surface area (Å²) in [7, 11) is 1.54. The molecule has 0 amide bonds. The SMILES string of the molecule is COc1ccc(Cn2c(=O)ccn([C@@H]3O[C@H]([C@@H](O)[C@H](N=[N+]=[N-])C(=O)O[C@@H](c4ccccc4)[C@@H](C)N(Cc4ccccc4C)Cc4c(C)cc(C)cc4C)[C@H]4OC(C)(C)O[C@H]43)c2=O)cc1. The normalized spacial score (nSPS) is 20.8. The first-order valence-electron chi connectivity index (χ1n) is 21.4. The number of carbonyl (C=O) groups is 1. The van der Waals surface area contributed by atoms with Crippen LogP contribution >= 0.6 is 0 Å². The Morgan fingerprint density at radius 3 is 2.22 bits per heavy atom. The third-order valence-electron chi connectivity index (χ3n) is 12.2. The Bertz CT molecular complexity index is 2600. The molecule has 0 unspecified atom stereocenters. The number of methoxy groups -OCH3 is 1. The average Bonchev–Trinajstić information content (AvgIpc) is 3.77. The minimum absolute atomic E-state index is 0.0450. The van der Waals surface area contributed by atoms with Gasteiger partial charge in [-0.1, -0.05) is 89.5 Å². The van der Waals surface area contributed by atoms with Crippen molar-refractivity contribution >= 4 is 5.97 Å². The van der Waals surface area contributed by atoms with E-state index in [1.807, 2.05) is 49.4 Å². The smallest absolute Gasteiger partial charge is 0.333 e. The van der Waals surface area contributed by atoms with Crippen LogP contribution in [-0.4, -0.2) is 74.5 Å². The molecule has 0 spiro atoms.